The van der Waals surface area contributed by atoms with Gasteiger partial charge in [-0.1, -0.05) is 113 Å². The van der Waals surface area contributed by atoms with E-state index in [4.69, 9.17) is 83.6 Å². The number of aromatic carboxylic acids is 1. The number of aliphatic hydroxyl groups excluding tert-OH is 1. The fraction of sp³-hybridized carbons (Fsp3) is 0.481. The van der Waals surface area contributed by atoms with E-state index < -0.39 is 215 Å². The van der Waals surface area contributed by atoms with Crippen molar-refractivity contribution in [3.8, 4) is 23.0 Å². The van der Waals surface area contributed by atoms with Crippen molar-refractivity contribution >= 4 is 181 Å². The number of fused-ring (bicyclic) bond motifs is 4. The molecule has 1 saturated heterocycles. The molecule has 1 aromatic heterocycles. The molecule has 45 heteroatoms. The van der Waals surface area contributed by atoms with Crippen LogP contribution in [0, 0.1) is 56.6 Å². The van der Waals surface area contributed by atoms with E-state index in [0.717, 1.165) is 20.9 Å². The van der Waals surface area contributed by atoms with Crippen LogP contribution in [0.3, 0.4) is 0 Å². The first-order valence-electron chi connectivity index (χ1n) is 49.5. The number of phenolic OH excluding ortho intramolecular Hbond substituents is 2. The van der Waals surface area contributed by atoms with Gasteiger partial charge in [-0.2, -0.15) is 25.3 Å². The summed E-state index contributed by atoms with van der Waals surface area (Å²) in [5.41, 5.74) is 24.8. The number of ketones is 5. The van der Waals surface area contributed by atoms with Crippen LogP contribution in [0.2, 0.25) is 0 Å². The van der Waals surface area contributed by atoms with Gasteiger partial charge in [0.2, 0.25) is 35.4 Å². The fourth-order valence-electron chi connectivity index (χ4n) is 18.2. The molecule has 149 heavy (non-hydrogen) atoms. The number of aliphatic hydroxyl groups is 1. The van der Waals surface area contributed by atoms with Gasteiger partial charge in [0.15, 0.2) is 57.9 Å². The number of hydrogen-bond acceptors (Lipinski definition) is 27. The first-order valence-corrected chi connectivity index (χ1v) is 51.9. The molecule has 0 aliphatic carbocycles. The predicted octanol–water partition coefficient (Wildman–Crippen LogP) is 7.14. The minimum atomic E-state index is -1.67. The lowest BCUT2D eigenvalue weighted by atomic mass is 9.80. The Morgan fingerprint density at radius 3 is 1.63 bits per heavy atom. The monoisotopic (exact) mass is 2130 g/mol. The molecule has 41 nitrogen and oxygen atoms in total. The lowest BCUT2D eigenvalue weighted by Gasteiger charge is -2.38. The molecule has 0 unspecified atom stereocenters. The fourth-order valence-corrected chi connectivity index (χ4v) is 19.9. The van der Waals surface area contributed by atoms with Gasteiger partial charge in [-0.05, 0) is 177 Å². The Bertz CT molecular complexity index is 5920. The number of carbonyl (C=O) groups is 13. The molecule has 12 atom stereocenters. The topological polar surface area (TPSA) is 686 Å². The quantitative estimate of drug-likeness (QED) is 0.00592. The van der Waals surface area contributed by atoms with Gasteiger partial charge in [0, 0.05) is 145 Å². The van der Waals surface area contributed by atoms with Crippen molar-refractivity contribution in [1.29, 1.82) is 21.6 Å². The van der Waals surface area contributed by atoms with E-state index in [1.807, 2.05) is 66.0 Å². The van der Waals surface area contributed by atoms with E-state index >= 15 is 28.8 Å². The molecule has 28 N–H and O–H groups in total. The van der Waals surface area contributed by atoms with Crippen molar-refractivity contribution in [2.24, 2.45) is 57.9 Å². The molecule has 0 radical (unpaired) electrons. The second-order valence-electron chi connectivity index (χ2n) is 39.1. The van der Waals surface area contributed by atoms with Crippen LogP contribution in [-0.4, -0.2) is 254 Å². The van der Waals surface area contributed by atoms with Gasteiger partial charge in [-0.3, -0.25) is 74.4 Å². The third-order valence-corrected chi connectivity index (χ3v) is 28.0. The minimum Gasteiger partial charge on any atom is -0.508 e. The smallest absolute Gasteiger partial charge is 0.336 e. The maximum atomic E-state index is 16.1. The zero-order valence-electron chi connectivity index (χ0n) is 84.4. The highest BCUT2D eigenvalue weighted by Crippen LogP contribution is 2.50. The molecule has 3 heterocycles. The van der Waals surface area contributed by atoms with Gasteiger partial charge in [0.05, 0.1) is 61.6 Å². The first kappa shape index (κ1) is 119. The SMILES string of the molecule is C[C@@H](O)[C@H](NC(=O)[C@@H](CC(=O)[C@@H]1CCCCN1C(=O)[C@@H](CC(=O)[C@H](Cc1ccc2ccccc2c1)NC(=O)[C@H](CCCNC(=N)N)CC(=O)[C@H](CCCNC(=N)N)NC(=O)[C@@H](CCCNC(=N)N)CC(=O)[C@H](CS)NC(=O)COCCOCCNC(=S)Nc1ccc(C2c3ccc(O)cc3Oc3cc(O)ccc32)c(C(=O)O)c1)Cc1csc2ccccc12)C(C)(C)S)C(=O)C[C@@H](CCCNC(=N)N)C(=O)N[C@H](C(=O)O)C(C)(C)C. The number of rotatable bonds is 60. The Morgan fingerprint density at radius 1 is 0.550 bits per heavy atom. The maximum absolute atomic E-state index is 16.1. The van der Waals surface area contributed by atoms with Crippen molar-refractivity contribution < 1.29 is 102 Å². The molecule has 2 aliphatic heterocycles. The van der Waals surface area contributed by atoms with Gasteiger partial charge in [-0.25, -0.2) is 9.59 Å². The molecular formula is C104H140N20O21S4. The van der Waals surface area contributed by atoms with Gasteiger partial charge in [0.25, 0.3) is 0 Å². The zero-order chi connectivity index (χ0) is 109. The first-order chi connectivity index (χ1) is 70.7. The Morgan fingerprint density at radius 2 is 1.07 bits per heavy atom. The number of phenols is 2. The molecule has 1 fully saturated rings. The van der Waals surface area contributed by atoms with Crippen molar-refractivity contribution in [3.05, 3.63) is 160 Å². The number of benzene rings is 6. The Labute approximate surface area is 884 Å². The van der Waals surface area contributed by atoms with Crippen LogP contribution < -0.4 is 86.2 Å². The average Bonchev–Trinajstić information content (AvgIpc) is 1.16. The number of thiol groups is 2. The van der Waals surface area contributed by atoms with Crippen LogP contribution in [0.4, 0.5) is 5.69 Å². The van der Waals surface area contributed by atoms with Crippen LogP contribution in [0.1, 0.15) is 188 Å². The summed E-state index contributed by atoms with van der Waals surface area (Å²) < 4.78 is 16.8. The molecule has 806 valence electrons. The molecule has 0 spiro atoms. The number of piperidine rings is 1. The van der Waals surface area contributed by atoms with E-state index in [-0.39, 0.29) is 181 Å². The highest BCUT2D eigenvalue weighted by molar-refractivity contribution is 7.81. The normalized spacial score (nSPS) is 15.2. The Hall–Kier alpha value is -13.6. The van der Waals surface area contributed by atoms with E-state index in [1.165, 1.54) is 53.5 Å². The van der Waals surface area contributed by atoms with Crippen molar-refractivity contribution in [2.75, 3.05) is 76.8 Å². The summed E-state index contributed by atoms with van der Waals surface area (Å²) >= 11 is 16.1. The number of ether oxygens (including phenoxy) is 3. The highest BCUT2D eigenvalue weighted by Gasteiger charge is 2.45. The van der Waals surface area contributed by atoms with Gasteiger partial charge in [0.1, 0.15) is 41.7 Å². The number of nitrogens with zero attached hydrogens (tertiary/aromatic N) is 1. The third kappa shape index (κ3) is 36.7. The number of aromatic hydroxyl groups is 2. The molecule has 6 amide bonds. The molecule has 0 saturated carbocycles. The average molecular weight is 2130 g/mol. The number of thiophene rings is 1. The second kappa shape index (κ2) is 57.2. The number of nitrogens with two attached hydrogens (primary N) is 4. The third-order valence-electron chi connectivity index (χ3n) is 26.1. The van der Waals surface area contributed by atoms with E-state index in [2.05, 4.69) is 71.1 Å². The Balaban J connectivity index is 0.893. The lowest BCUT2D eigenvalue weighted by Crippen LogP contribution is -2.55. The van der Waals surface area contributed by atoms with Crippen molar-refractivity contribution in [3.63, 3.8) is 0 Å². The zero-order valence-corrected chi connectivity index (χ0v) is 87.8. The predicted molar refractivity (Wildman–Crippen MR) is 577 cm³/mol. The number of likely N-dealkylation sites (tertiary alicyclic amines) is 1. The van der Waals surface area contributed by atoms with E-state index in [0.29, 0.717) is 46.3 Å². The summed E-state index contributed by atoms with van der Waals surface area (Å²) in [6.45, 7) is 9.23. The van der Waals surface area contributed by atoms with Crippen LogP contribution >= 0.6 is 48.8 Å². The standard InChI is InChI=1S/C104H140N20O21S4/c1-57(125)89(83(132)48-63(21-15-36-115-100(109)110)93(136)123-90(97(141)142)103(2,3)4)122-94(137)74(104(5,6)148)53-82(131)78-24-11-12-39-124(78)95(138)64(45-65-56-149-86-25-10-9-22-69(65)86)49-80(129)76(44-58-26-27-59-17-7-8-18-60(59)43-58)121-92(135)61(19-13-34-113-98(105)106)46-79(128)75(23-16-37-116-101(111)112)120-91(134)62(20-14-35-114-99(107)108)47-81(130)77(55-146)119-87(133)54-144-42-41-143-40-38-117-102(147)118-66-28-31-70(73(50-66)96(139)140)88-71-32-29-67(126)51-84(71)145-85-52-68(127)30-33-72(85)88/h7-10,17-18,22,25-33,43,50-52,56-57,61-64,74-78,88-90,125-127,146,148H,11-16,19-21,23-24,34-42,44-49,53-55H2,1-6H3,(H,119,133)(H,120,134)(H,121,135)(H,122,137)(H,123,136)(H,139,140)(H,141,142)(H4,105,106,113)(H4,107,108,114)(H4,109,110,115)(H4,111,112,116)(H2,117,118,147)/t57-,61-,62+,63-,64-,74-,75+,76+,77+,78+,89+,90-/m1/s1. The molecule has 9 rings (SSSR count). The number of nitrogens with one attached hydrogen (secondary N) is 15. The number of thiocarbonyl (C=S) groups is 1. The summed E-state index contributed by atoms with van der Waals surface area (Å²) in [4.78, 5) is 192. The number of carbonyl (C=O) groups excluding carboxylic acids is 11. The summed E-state index contributed by atoms with van der Waals surface area (Å²) in [6.07, 6.45) is -3.19. The van der Waals surface area contributed by atoms with Crippen LogP contribution in [0.25, 0.3) is 20.9 Å². The van der Waals surface area contributed by atoms with Crippen LogP contribution in [0.5, 0.6) is 23.0 Å². The molecule has 2 aliphatic rings. The molecular weight excluding hydrogens is 1990 g/mol. The molecule has 7 aromatic rings. The van der Waals surface area contributed by atoms with E-state index in [9.17, 15) is 59.1 Å². The second-order valence-corrected chi connectivity index (χ2v) is 41.9. The van der Waals surface area contributed by atoms with Gasteiger partial charge >= 0.3 is 11.9 Å². The number of hydrogen-bond donors (Lipinski definition) is 26. The van der Waals surface area contributed by atoms with Gasteiger partial charge in [-0.15, -0.1) is 11.3 Å². The van der Waals surface area contributed by atoms with Crippen LogP contribution in [0.15, 0.2) is 127 Å². The number of aliphatic carboxylic acids is 1. The van der Waals surface area contributed by atoms with Gasteiger partial charge < -0.3 is 126 Å². The molecule has 0 bridgehead atoms. The largest absolute Gasteiger partial charge is 0.508 e. The van der Waals surface area contributed by atoms with Crippen LogP contribution in [-0.2, 0) is 79.8 Å². The highest BCUT2D eigenvalue weighted by atomic mass is 32.1. The summed E-state index contributed by atoms with van der Waals surface area (Å²) in [5, 5.41) is 118. The van der Waals surface area contributed by atoms with Crippen molar-refractivity contribution in [1.82, 2.24) is 58.1 Å². The number of guanidine groups is 4. The number of carboxylic acids is 2. The Kier molecular flexibility index (Phi) is 45.7. The minimum absolute atomic E-state index is 0.00825. The number of anilines is 1. The summed E-state index contributed by atoms with van der Waals surface area (Å²) in [7, 11) is 0. The summed E-state index contributed by atoms with van der Waals surface area (Å²) in [5.74, 6) is -18.6. The van der Waals surface area contributed by atoms with Crippen molar-refractivity contribution in [2.45, 2.75) is 210 Å². The number of amides is 6. The maximum Gasteiger partial charge on any atom is 0.336 e. The van der Waals surface area contributed by atoms with E-state index in [1.54, 1.807) is 65.0 Å². The summed E-state index contributed by atoms with van der Waals surface area (Å²) in [6, 6.07) is 25.9. The lowest BCUT2D eigenvalue weighted by molar-refractivity contribution is -0.147. The number of carboxylic acid groups (broad SMARTS) is 2. The number of Topliss-reactive ketones (excluding diaryl/α,β-unsaturated/α-hetero) is 5. The molecule has 6 aromatic carbocycles.